The highest BCUT2D eigenvalue weighted by Gasteiger charge is 2.33. The zero-order valence-corrected chi connectivity index (χ0v) is 13.0. The van der Waals surface area contributed by atoms with Crippen molar-refractivity contribution in [2.45, 2.75) is 37.8 Å². The quantitative estimate of drug-likeness (QED) is 0.759. The fourth-order valence-corrected chi connectivity index (χ4v) is 4.42. The van der Waals surface area contributed by atoms with E-state index >= 15 is 0 Å². The van der Waals surface area contributed by atoms with Crippen LogP contribution in [-0.2, 0) is 22.2 Å². The zero-order chi connectivity index (χ0) is 15.0. The zero-order valence-electron chi connectivity index (χ0n) is 11.3. The van der Waals surface area contributed by atoms with Gasteiger partial charge in [-0.25, -0.2) is 13.4 Å². The van der Waals surface area contributed by atoms with Gasteiger partial charge in [-0.2, -0.15) is 9.82 Å². The van der Waals surface area contributed by atoms with Gasteiger partial charge in [0.25, 0.3) is 0 Å². The summed E-state index contributed by atoms with van der Waals surface area (Å²) in [6.45, 7) is 4.62. The van der Waals surface area contributed by atoms with Crippen LogP contribution in [0.15, 0.2) is 16.5 Å². The first-order valence-electron chi connectivity index (χ1n) is 5.86. The van der Waals surface area contributed by atoms with E-state index in [1.54, 1.807) is 32.3 Å². The number of H-pyrrole nitrogens is 1. The summed E-state index contributed by atoms with van der Waals surface area (Å²) in [5.41, 5.74) is -0.356. The van der Waals surface area contributed by atoms with Crippen molar-refractivity contribution < 1.29 is 13.5 Å². The Bertz CT molecular complexity index is 689. The molecule has 0 aliphatic rings. The average Bonchev–Trinajstić information content (AvgIpc) is 2.95. The molecule has 20 heavy (non-hydrogen) atoms. The van der Waals surface area contributed by atoms with Crippen LogP contribution in [0, 0.1) is 6.92 Å². The van der Waals surface area contributed by atoms with Crippen LogP contribution in [0.25, 0.3) is 0 Å². The Labute approximate surface area is 121 Å². The van der Waals surface area contributed by atoms with Crippen molar-refractivity contribution in [3.05, 3.63) is 28.0 Å². The van der Waals surface area contributed by atoms with E-state index in [0.29, 0.717) is 10.7 Å². The Morgan fingerprint density at radius 1 is 1.50 bits per heavy atom. The highest BCUT2D eigenvalue weighted by molar-refractivity contribution is 7.89. The molecular formula is C11H16N4O3S2. The standard InChI is InChI=1S/C11H16N4O3S2/c1-7-9(8(6-16)14-13-7)20(17,18)15-11(2,3)10-12-4-5-19-10/h4-5,15-16H,6H2,1-3H3,(H,13,14). The monoisotopic (exact) mass is 316 g/mol. The summed E-state index contributed by atoms with van der Waals surface area (Å²) in [4.78, 5) is 4.13. The molecule has 0 unspecified atom stereocenters. The van der Waals surface area contributed by atoms with Crippen LogP contribution >= 0.6 is 11.3 Å². The number of aryl methyl sites for hydroxylation is 1. The molecule has 0 atom stereocenters. The Hall–Kier alpha value is -1.29. The highest BCUT2D eigenvalue weighted by Crippen LogP contribution is 2.26. The van der Waals surface area contributed by atoms with Gasteiger partial charge in [0.15, 0.2) is 0 Å². The number of aliphatic hydroxyl groups excluding tert-OH is 1. The first-order chi connectivity index (χ1) is 9.28. The minimum Gasteiger partial charge on any atom is -0.390 e. The van der Waals surface area contributed by atoms with Crippen molar-refractivity contribution >= 4 is 21.4 Å². The van der Waals surface area contributed by atoms with Crippen molar-refractivity contribution in [1.82, 2.24) is 19.9 Å². The van der Waals surface area contributed by atoms with Crippen molar-refractivity contribution in [3.63, 3.8) is 0 Å². The lowest BCUT2D eigenvalue weighted by molar-refractivity contribution is 0.273. The van der Waals surface area contributed by atoms with Crippen LogP contribution in [0.4, 0.5) is 0 Å². The molecular weight excluding hydrogens is 300 g/mol. The molecule has 0 fully saturated rings. The van der Waals surface area contributed by atoms with Crippen LogP contribution in [0.2, 0.25) is 0 Å². The fraction of sp³-hybridized carbons (Fsp3) is 0.455. The van der Waals surface area contributed by atoms with E-state index in [9.17, 15) is 13.5 Å². The van der Waals surface area contributed by atoms with E-state index in [0.717, 1.165) is 0 Å². The molecule has 0 aliphatic carbocycles. The van der Waals surface area contributed by atoms with Crippen LogP contribution in [0.1, 0.15) is 30.2 Å². The molecule has 0 amide bonds. The predicted molar refractivity (Wildman–Crippen MR) is 74.7 cm³/mol. The number of hydrogen-bond acceptors (Lipinski definition) is 6. The number of aromatic amines is 1. The van der Waals surface area contributed by atoms with Crippen LogP contribution < -0.4 is 4.72 Å². The van der Waals surface area contributed by atoms with E-state index in [1.165, 1.54) is 11.3 Å². The van der Waals surface area contributed by atoms with Gasteiger partial charge < -0.3 is 5.11 Å². The minimum atomic E-state index is -3.81. The van der Waals surface area contributed by atoms with E-state index in [1.807, 2.05) is 0 Å². The molecule has 2 aromatic rings. The van der Waals surface area contributed by atoms with Gasteiger partial charge in [-0.05, 0) is 20.8 Å². The van der Waals surface area contributed by atoms with Gasteiger partial charge in [0.05, 0.1) is 17.8 Å². The summed E-state index contributed by atoms with van der Waals surface area (Å²) in [5.74, 6) is 0. The largest absolute Gasteiger partial charge is 0.390 e. The Balaban J connectivity index is 2.39. The molecule has 0 aliphatic heterocycles. The summed E-state index contributed by atoms with van der Waals surface area (Å²) in [6, 6.07) is 0. The first kappa shape index (κ1) is 15.1. The Morgan fingerprint density at radius 2 is 2.20 bits per heavy atom. The van der Waals surface area contributed by atoms with Crippen LogP contribution in [0.5, 0.6) is 0 Å². The van der Waals surface area contributed by atoms with Gasteiger partial charge >= 0.3 is 0 Å². The van der Waals surface area contributed by atoms with Gasteiger partial charge in [0.1, 0.15) is 15.6 Å². The lowest BCUT2D eigenvalue weighted by atomic mass is 10.1. The van der Waals surface area contributed by atoms with Gasteiger partial charge in [-0.15, -0.1) is 11.3 Å². The molecule has 3 N–H and O–H groups in total. The third kappa shape index (κ3) is 2.75. The van der Waals surface area contributed by atoms with E-state index in [2.05, 4.69) is 19.9 Å². The number of nitrogens with zero attached hydrogens (tertiary/aromatic N) is 2. The summed E-state index contributed by atoms with van der Waals surface area (Å²) in [6.07, 6.45) is 1.62. The van der Waals surface area contributed by atoms with E-state index < -0.39 is 22.2 Å². The lowest BCUT2D eigenvalue weighted by Crippen LogP contribution is -2.41. The van der Waals surface area contributed by atoms with E-state index in [4.69, 9.17) is 0 Å². The van der Waals surface area contributed by atoms with Crippen molar-refractivity contribution in [1.29, 1.82) is 0 Å². The van der Waals surface area contributed by atoms with Crippen molar-refractivity contribution in [3.8, 4) is 0 Å². The van der Waals surface area contributed by atoms with Gasteiger partial charge in [-0.3, -0.25) is 5.10 Å². The second kappa shape index (κ2) is 5.24. The highest BCUT2D eigenvalue weighted by atomic mass is 32.2. The third-order valence-corrected chi connectivity index (χ3v) is 5.69. The third-order valence-electron chi connectivity index (χ3n) is 2.74. The maximum atomic E-state index is 12.5. The van der Waals surface area contributed by atoms with Crippen molar-refractivity contribution in [2.75, 3.05) is 0 Å². The van der Waals surface area contributed by atoms with Gasteiger partial charge in [0.2, 0.25) is 10.0 Å². The lowest BCUT2D eigenvalue weighted by Gasteiger charge is -2.23. The second-order valence-electron chi connectivity index (χ2n) is 4.85. The van der Waals surface area contributed by atoms with Gasteiger partial charge in [0, 0.05) is 11.6 Å². The molecule has 2 heterocycles. The SMILES string of the molecule is Cc1[nH]nc(CO)c1S(=O)(=O)NC(C)(C)c1nccs1. The molecule has 0 bridgehead atoms. The molecule has 9 heteroatoms. The fourth-order valence-electron chi connectivity index (χ4n) is 1.90. The molecule has 2 rings (SSSR count). The first-order valence-corrected chi connectivity index (χ1v) is 8.23. The van der Waals surface area contributed by atoms with Crippen molar-refractivity contribution in [2.24, 2.45) is 0 Å². The number of aromatic nitrogens is 3. The second-order valence-corrected chi connectivity index (χ2v) is 7.36. The normalized spacial score (nSPS) is 12.8. The maximum absolute atomic E-state index is 12.5. The number of nitrogens with one attached hydrogen (secondary N) is 2. The maximum Gasteiger partial charge on any atom is 0.245 e. The topological polar surface area (TPSA) is 108 Å². The predicted octanol–water partition coefficient (Wildman–Crippen LogP) is 0.881. The van der Waals surface area contributed by atoms with Gasteiger partial charge in [-0.1, -0.05) is 0 Å². The Morgan fingerprint density at radius 3 is 2.75 bits per heavy atom. The molecule has 110 valence electrons. The Kier molecular flexibility index (Phi) is 3.96. The van der Waals surface area contributed by atoms with Crippen LogP contribution in [-0.4, -0.2) is 28.7 Å². The van der Waals surface area contributed by atoms with E-state index in [-0.39, 0.29) is 10.6 Å². The molecule has 0 radical (unpaired) electrons. The molecule has 0 spiro atoms. The molecule has 0 saturated heterocycles. The smallest absolute Gasteiger partial charge is 0.245 e. The average molecular weight is 316 g/mol. The molecule has 7 nitrogen and oxygen atoms in total. The molecule has 0 aromatic carbocycles. The summed E-state index contributed by atoms with van der Waals surface area (Å²) in [5, 5.41) is 18.0. The number of aliphatic hydroxyl groups is 1. The number of hydrogen-bond donors (Lipinski definition) is 3. The number of rotatable bonds is 5. The van der Waals surface area contributed by atoms with Crippen LogP contribution in [0.3, 0.4) is 0 Å². The number of sulfonamides is 1. The number of thiazole rings is 1. The molecule has 0 saturated carbocycles. The minimum absolute atomic E-state index is 0.00960. The molecule has 2 aromatic heterocycles. The summed E-state index contributed by atoms with van der Waals surface area (Å²) < 4.78 is 27.6. The summed E-state index contributed by atoms with van der Waals surface area (Å²) >= 11 is 1.37. The summed E-state index contributed by atoms with van der Waals surface area (Å²) in [7, 11) is -3.81.